The second-order valence-corrected chi connectivity index (χ2v) is 2.92. The van der Waals surface area contributed by atoms with Crippen molar-refractivity contribution in [2.75, 3.05) is 6.61 Å². The molecular weight excluding hydrogens is 206 g/mol. The van der Waals surface area contributed by atoms with Gasteiger partial charge in [-0.05, 0) is 12.5 Å². The van der Waals surface area contributed by atoms with E-state index in [9.17, 15) is 13.6 Å². The molecule has 1 N–H and O–H groups in total. The zero-order valence-corrected chi connectivity index (χ0v) is 8.09. The standard InChI is InChI=1S/C10H10F2O3/c1-2-3-15-9-5-7(11)6(10(13)14)4-8(9)12/h4-5H,2-3H2,1H3,(H,13,14). The van der Waals surface area contributed by atoms with Crippen LogP contribution < -0.4 is 4.74 Å². The van der Waals surface area contributed by atoms with Gasteiger partial charge in [-0.25, -0.2) is 13.6 Å². The van der Waals surface area contributed by atoms with Crippen molar-refractivity contribution < 1.29 is 23.4 Å². The van der Waals surface area contributed by atoms with Gasteiger partial charge in [0.2, 0.25) is 0 Å². The lowest BCUT2D eigenvalue weighted by molar-refractivity contribution is 0.0691. The van der Waals surface area contributed by atoms with Gasteiger partial charge in [0.25, 0.3) is 0 Å². The molecule has 0 saturated heterocycles. The molecule has 0 saturated carbocycles. The molecule has 0 radical (unpaired) electrons. The van der Waals surface area contributed by atoms with Crippen molar-refractivity contribution in [3.8, 4) is 5.75 Å². The number of rotatable bonds is 4. The van der Waals surface area contributed by atoms with Crippen LogP contribution in [0.25, 0.3) is 0 Å². The summed E-state index contributed by atoms with van der Waals surface area (Å²) < 4.78 is 31.1. The first-order chi connectivity index (χ1) is 7.06. The van der Waals surface area contributed by atoms with Crippen molar-refractivity contribution >= 4 is 5.97 Å². The predicted octanol–water partition coefficient (Wildman–Crippen LogP) is 2.45. The number of carboxylic acids is 1. The Morgan fingerprint density at radius 1 is 1.40 bits per heavy atom. The molecule has 0 atom stereocenters. The van der Waals surface area contributed by atoms with Gasteiger partial charge >= 0.3 is 5.97 Å². The number of benzene rings is 1. The van der Waals surface area contributed by atoms with E-state index in [1.165, 1.54) is 0 Å². The van der Waals surface area contributed by atoms with Gasteiger partial charge in [0.15, 0.2) is 11.6 Å². The van der Waals surface area contributed by atoms with Gasteiger partial charge in [0.1, 0.15) is 5.82 Å². The van der Waals surface area contributed by atoms with Gasteiger partial charge in [0, 0.05) is 6.07 Å². The lowest BCUT2D eigenvalue weighted by Gasteiger charge is -2.06. The van der Waals surface area contributed by atoms with Crippen LogP contribution in [0.4, 0.5) is 8.78 Å². The van der Waals surface area contributed by atoms with Crippen molar-refractivity contribution in [1.82, 2.24) is 0 Å². The zero-order chi connectivity index (χ0) is 11.4. The summed E-state index contributed by atoms with van der Waals surface area (Å²) >= 11 is 0. The molecule has 0 aliphatic heterocycles. The highest BCUT2D eigenvalue weighted by atomic mass is 19.1. The number of ether oxygens (including phenoxy) is 1. The Morgan fingerprint density at radius 3 is 2.60 bits per heavy atom. The van der Waals surface area contributed by atoms with Gasteiger partial charge in [-0.1, -0.05) is 6.92 Å². The number of halogens is 2. The summed E-state index contributed by atoms with van der Waals surface area (Å²) in [6.45, 7) is 2.07. The number of hydrogen-bond acceptors (Lipinski definition) is 2. The molecule has 0 aliphatic rings. The molecule has 0 spiro atoms. The first-order valence-corrected chi connectivity index (χ1v) is 4.41. The van der Waals surface area contributed by atoms with Gasteiger partial charge in [0.05, 0.1) is 12.2 Å². The molecule has 1 aromatic rings. The Hall–Kier alpha value is -1.65. The van der Waals surface area contributed by atoms with Crippen LogP contribution in [-0.4, -0.2) is 17.7 Å². The van der Waals surface area contributed by atoms with Gasteiger partial charge in [-0.15, -0.1) is 0 Å². The first-order valence-electron chi connectivity index (χ1n) is 4.41. The fraction of sp³-hybridized carbons (Fsp3) is 0.300. The summed E-state index contributed by atoms with van der Waals surface area (Å²) in [5, 5.41) is 8.51. The lowest BCUT2D eigenvalue weighted by Crippen LogP contribution is -2.04. The van der Waals surface area contributed by atoms with Crippen molar-refractivity contribution in [3.05, 3.63) is 29.3 Å². The second-order valence-electron chi connectivity index (χ2n) is 2.92. The molecule has 82 valence electrons. The monoisotopic (exact) mass is 216 g/mol. The molecule has 3 nitrogen and oxygen atoms in total. The summed E-state index contributed by atoms with van der Waals surface area (Å²) in [7, 11) is 0. The van der Waals surface area contributed by atoms with Crippen molar-refractivity contribution in [2.24, 2.45) is 0 Å². The molecule has 0 aromatic heterocycles. The molecule has 15 heavy (non-hydrogen) atoms. The van der Waals surface area contributed by atoms with E-state index in [0.29, 0.717) is 12.5 Å². The van der Waals surface area contributed by atoms with Crippen LogP contribution in [0.5, 0.6) is 5.75 Å². The van der Waals surface area contributed by atoms with Gasteiger partial charge in [-0.2, -0.15) is 0 Å². The summed E-state index contributed by atoms with van der Waals surface area (Å²) in [5.74, 6) is -3.65. The Morgan fingerprint density at radius 2 is 2.07 bits per heavy atom. The number of carbonyl (C=O) groups is 1. The second kappa shape index (κ2) is 4.72. The average molecular weight is 216 g/mol. The molecule has 0 bridgehead atoms. The van der Waals surface area contributed by atoms with E-state index in [-0.39, 0.29) is 12.4 Å². The highest BCUT2D eigenvalue weighted by Gasteiger charge is 2.15. The quantitative estimate of drug-likeness (QED) is 0.840. The Kier molecular flexibility index (Phi) is 3.60. The van der Waals surface area contributed by atoms with E-state index in [0.717, 1.165) is 6.07 Å². The van der Waals surface area contributed by atoms with E-state index < -0.39 is 23.2 Å². The van der Waals surface area contributed by atoms with E-state index in [1.54, 1.807) is 0 Å². The van der Waals surface area contributed by atoms with Gasteiger partial charge < -0.3 is 9.84 Å². The number of carboxylic acid groups (broad SMARTS) is 1. The third kappa shape index (κ3) is 2.65. The average Bonchev–Trinajstić information content (AvgIpc) is 2.18. The number of hydrogen-bond donors (Lipinski definition) is 1. The largest absolute Gasteiger partial charge is 0.490 e. The summed E-state index contributed by atoms with van der Waals surface area (Å²) in [4.78, 5) is 10.5. The summed E-state index contributed by atoms with van der Waals surface area (Å²) in [6.07, 6.45) is 0.655. The minimum absolute atomic E-state index is 0.253. The summed E-state index contributed by atoms with van der Waals surface area (Å²) in [6, 6.07) is 1.36. The summed E-state index contributed by atoms with van der Waals surface area (Å²) in [5.41, 5.74) is -0.698. The van der Waals surface area contributed by atoms with E-state index in [2.05, 4.69) is 0 Å². The maximum absolute atomic E-state index is 13.2. The third-order valence-electron chi connectivity index (χ3n) is 1.71. The first kappa shape index (κ1) is 11.4. The molecule has 1 rings (SSSR count). The Labute approximate surface area is 85.3 Å². The van der Waals surface area contributed by atoms with E-state index in [1.807, 2.05) is 6.92 Å². The topological polar surface area (TPSA) is 46.5 Å². The minimum atomic E-state index is -1.51. The van der Waals surface area contributed by atoms with Crippen molar-refractivity contribution in [2.45, 2.75) is 13.3 Å². The molecule has 1 aromatic carbocycles. The molecule has 0 unspecified atom stereocenters. The maximum Gasteiger partial charge on any atom is 0.338 e. The maximum atomic E-state index is 13.2. The van der Waals surface area contributed by atoms with Crippen molar-refractivity contribution in [3.63, 3.8) is 0 Å². The zero-order valence-electron chi connectivity index (χ0n) is 8.09. The predicted molar refractivity (Wildman–Crippen MR) is 49.1 cm³/mol. The fourth-order valence-corrected chi connectivity index (χ4v) is 1.02. The molecule has 0 fully saturated rings. The van der Waals surface area contributed by atoms with Crippen molar-refractivity contribution in [1.29, 1.82) is 0 Å². The van der Waals surface area contributed by atoms with E-state index >= 15 is 0 Å². The molecule has 0 heterocycles. The van der Waals surface area contributed by atoms with Crippen LogP contribution in [0, 0.1) is 11.6 Å². The van der Waals surface area contributed by atoms with Crippen LogP contribution in [0.1, 0.15) is 23.7 Å². The normalized spacial score (nSPS) is 10.1. The third-order valence-corrected chi connectivity index (χ3v) is 1.71. The Bertz CT molecular complexity index is 377. The van der Waals surface area contributed by atoms with Crippen LogP contribution in [0.15, 0.2) is 12.1 Å². The Balaban J connectivity index is 3.02. The SMILES string of the molecule is CCCOc1cc(F)c(C(=O)O)cc1F. The smallest absolute Gasteiger partial charge is 0.338 e. The van der Waals surface area contributed by atoms with Gasteiger partial charge in [-0.3, -0.25) is 0 Å². The highest BCUT2D eigenvalue weighted by molar-refractivity contribution is 5.88. The minimum Gasteiger partial charge on any atom is -0.490 e. The van der Waals surface area contributed by atoms with Crippen LogP contribution in [0.2, 0.25) is 0 Å². The molecular formula is C10H10F2O3. The molecule has 5 heteroatoms. The number of aromatic carboxylic acids is 1. The fourth-order valence-electron chi connectivity index (χ4n) is 1.02. The van der Waals surface area contributed by atoms with Crippen LogP contribution in [-0.2, 0) is 0 Å². The highest BCUT2D eigenvalue weighted by Crippen LogP contribution is 2.21. The van der Waals surface area contributed by atoms with Crippen LogP contribution >= 0.6 is 0 Å². The van der Waals surface area contributed by atoms with Crippen LogP contribution in [0.3, 0.4) is 0 Å². The van der Waals surface area contributed by atoms with E-state index in [4.69, 9.17) is 9.84 Å². The lowest BCUT2D eigenvalue weighted by atomic mass is 10.2. The molecule has 0 amide bonds. The molecule has 0 aliphatic carbocycles.